The molecule has 0 unspecified atom stereocenters. The third kappa shape index (κ3) is 1.85. The minimum Gasteiger partial charge on any atom is -0.460 e. The first-order valence-corrected chi connectivity index (χ1v) is 5.18. The van der Waals surface area contributed by atoms with Crippen molar-refractivity contribution in [3.05, 3.63) is 28.8 Å². The average molecular weight is 270 g/mol. The number of nitrogens with zero attached hydrogens (tertiary/aromatic N) is 3. The second-order valence-corrected chi connectivity index (χ2v) is 3.65. The number of fused-ring (bicyclic) bond motifs is 1. The van der Waals surface area contributed by atoms with Crippen LogP contribution in [0.25, 0.3) is 5.52 Å². The van der Waals surface area contributed by atoms with E-state index in [1.54, 1.807) is 23.8 Å². The smallest absolute Gasteiger partial charge is 0.378 e. The summed E-state index contributed by atoms with van der Waals surface area (Å²) in [5.41, 5.74) is 0.808. The molecule has 0 aliphatic rings. The Bertz CT molecular complexity index is 509. The van der Waals surface area contributed by atoms with Crippen molar-refractivity contribution in [3.63, 3.8) is 0 Å². The molecular weight excluding hydrogens is 262 g/mol. The molecule has 15 heavy (non-hydrogen) atoms. The summed E-state index contributed by atoms with van der Waals surface area (Å²) in [6.45, 7) is 2.05. The van der Waals surface area contributed by atoms with E-state index in [9.17, 15) is 4.79 Å². The van der Waals surface area contributed by atoms with Gasteiger partial charge in [0.25, 0.3) is 5.82 Å². The maximum atomic E-state index is 11.3. The van der Waals surface area contributed by atoms with Crippen LogP contribution < -0.4 is 0 Å². The van der Waals surface area contributed by atoms with Gasteiger partial charge >= 0.3 is 5.97 Å². The lowest BCUT2D eigenvalue weighted by Crippen LogP contribution is -2.11. The van der Waals surface area contributed by atoms with Crippen LogP contribution in [0.1, 0.15) is 17.5 Å². The maximum absolute atomic E-state index is 11.3. The van der Waals surface area contributed by atoms with E-state index in [1.807, 2.05) is 6.07 Å². The first kappa shape index (κ1) is 10.1. The predicted molar refractivity (Wildman–Crippen MR) is 56.6 cm³/mol. The first-order chi connectivity index (χ1) is 7.22. The van der Waals surface area contributed by atoms with Crippen molar-refractivity contribution < 1.29 is 9.53 Å². The molecule has 0 radical (unpaired) electrons. The van der Waals surface area contributed by atoms with E-state index in [2.05, 4.69) is 26.0 Å². The Hall–Kier alpha value is -1.43. The van der Waals surface area contributed by atoms with Crippen LogP contribution >= 0.6 is 15.9 Å². The molecule has 0 saturated heterocycles. The highest BCUT2D eigenvalue weighted by molar-refractivity contribution is 9.10. The number of esters is 1. The number of halogens is 1. The second kappa shape index (κ2) is 3.98. The van der Waals surface area contributed by atoms with E-state index in [4.69, 9.17) is 4.74 Å². The van der Waals surface area contributed by atoms with Crippen molar-refractivity contribution in [2.24, 2.45) is 0 Å². The second-order valence-electron chi connectivity index (χ2n) is 2.80. The Labute approximate surface area is 94.2 Å². The monoisotopic (exact) mass is 269 g/mol. The Balaban J connectivity index is 2.43. The SMILES string of the molecule is CCOC(=O)c1ncc2c(Br)ccn2n1. The highest BCUT2D eigenvalue weighted by Crippen LogP contribution is 2.16. The first-order valence-electron chi connectivity index (χ1n) is 4.39. The molecule has 0 bridgehead atoms. The summed E-state index contributed by atoms with van der Waals surface area (Å²) in [5.74, 6) is -0.448. The van der Waals surface area contributed by atoms with Gasteiger partial charge in [-0.3, -0.25) is 0 Å². The topological polar surface area (TPSA) is 56.5 Å². The average Bonchev–Trinajstić information content (AvgIpc) is 2.60. The van der Waals surface area contributed by atoms with Crippen LogP contribution in [-0.4, -0.2) is 27.2 Å². The summed E-state index contributed by atoms with van der Waals surface area (Å²) in [7, 11) is 0. The Morgan fingerprint density at radius 3 is 3.20 bits per heavy atom. The van der Waals surface area contributed by atoms with Gasteiger partial charge in [0.15, 0.2) is 0 Å². The maximum Gasteiger partial charge on any atom is 0.378 e. The van der Waals surface area contributed by atoms with Crippen LogP contribution in [0.2, 0.25) is 0 Å². The minimum atomic E-state index is -0.510. The number of ether oxygens (including phenoxy) is 1. The Morgan fingerprint density at radius 2 is 2.47 bits per heavy atom. The summed E-state index contributed by atoms with van der Waals surface area (Å²) >= 11 is 3.34. The van der Waals surface area contributed by atoms with Crippen molar-refractivity contribution in [1.29, 1.82) is 0 Å². The Kier molecular flexibility index (Phi) is 2.68. The summed E-state index contributed by atoms with van der Waals surface area (Å²) in [4.78, 5) is 15.2. The molecule has 5 nitrogen and oxygen atoms in total. The molecule has 0 saturated carbocycles. The van der Waals surface area contributed by atoms with E-state index < -0.39 is 5.97 Å². The fraction of sp³-hybridized carbons (Fsp3) is 0.222. The van der Waals surface area contributed by atoms with Gasteiger partial charge in [-0.05, 0) is 28.9 Å². The van der Waals surface area contributed by atoms with Crippen molar-refractivity contribution >= 4 is 27.4 Å². The lowest BCUT2D eigenvalue weighted by molar-refractivity contribution is 0.0510. The highest BCUT2D eigenvalue weighted by Gasteiger charge is 2.11. The number of carbonyl (C=O) groups excluding carboxylic acids is 1. The number of hydrogen-bond acceptors (Lipinski definition) is 4. The summed E-state index contributed by atoms with van der Waals surface area (Å²) < 4.78 is 7.25. The number of aromatic nitrogens is 3. The third-order valence-electron chi connectivity index (χ3n) is 1.82. The van der Waals surface area contributed by atoms with Gasteiger partial charge in [0.1, 0.15) is 0 Å². The minimum absolute atomic E-state index is 0.0625. The van der Waals surface area contributed by atoms with Crippen LogP contribution in [0.3, 0.4) is 0 Å². The summed E-state index contributed by atoms with van der Waals surface area (Å²) in [6.07, 6.45) is 3.31. The van der Waals surface area contributed by atoms with Crippen LogP contribution in [0.4, 0.5) is 0 Å². The highest BCUT2D eigenvalue weighted by atomic mass is 79.9. The van der Waals surface area contributed by atoms with E-state index in [1.165, 1.54) is 0 Å². The summed E-state index contributed by atoms with van der Waals surface area (Å²) in [6, 6.07) is 1.83. The van der Waals surface area contributed by atoms with Crippen molar-refractivity contribution in [1.82, 2.24) is 14.6 Å². The molecule has 0 N–H and O–H groups in total. The van der Waals surface area contributed by atoms with Gasteiger partial charge < -0.3 is 4.74 Å². The van der Waals surface area contributed by atoms with Crippen LogP contribution in [0, 0.1) is 0 Å². The molecule has 0 fully saturated rings. The Morgan fingerprint density at radius 1 is 1.67 bits per heavy atom. The van der Waals surface area contributed by atoms with Crippen LogP contribution in [0.15, 0.2) is 22.9 Å². The molecule has 0 atom stereocenters. The predicted octanol–water partition coefficient (Wildman–Crippen LogP) is 1.67. The van der Waals surface area contributed by atoms with E-state index >= 15 is 0 Å². The fourth-order valence-electron chi connectivity index (χ4n) is 1.16. The largest absolute Gasteiger partial charge is 0.460 e. The molecule has 2 aromatic rings. The molecular formula is C9H8BrN3O2. The normalized spacial score (nSPS) is 10.5. The van der Waals surface area contributed by atoms with Crippen LogP contribution in [0.5, 0.6) is 0 Å². The van der Waals surface area contributed by atoms with Crippen molar-refractivity contribution in [2.45, 2.75) is 6.92 Å². The summed E-state index contributed by atoms with van der Waals surface area (Å²) in [5, 5.41) is 4.02. The third-order valence-corrected chi connectivity index (χ3v) is 2.49. The van der Waals surface area contributed by atoms with E-state index in [0.29, 0.717) is 6.61 Å². The molecule has 2 rings (SSSR count). The van der Waals surface area contributed by atoms with Crippen molar-refractivity contribution in [3.8, 4) is 0 Å². The van der Waals surface area contributed by atoms with Gasteiger partial charge in [-0.15, -0.1) is 5.10 Å². The van der Waals surface area contributed by atoms with Gasteiger partial charge in [0.2, 0.25) is 0 Å². The molecule has 0 aliphatic heterocycles. The fourth-order valence-corrected chi connectivity index (χ4v) is 1.56. The lowest BCUT2D eigenvalue weighted by atomic mass is 10.5. The van der Waals surface area contributed by atoms with Crippen LogP contribution in [-0.2, 0) is 4.74 Å². The zero-order valence-corrected chi connectivity index (χ0v) is 9.56. The van der Waals surface area contributed by atoms with E-state index in [-0.39, 0.29) is 5.82 Å². The number of rotatable bonds is 2. The van der Waals surface area contributed by atoms with Gasteiger partial charge in [-0.1, -0.05) is 0 Å². The molecule has 0 aliphatic carbocycles. The molecule has 0 amide bonds. The van der Waals surface area contributed by atoms with Crippen molar-refractivity contribution in [2.75, 3.05) is 6.61 Å². The molecule has 2 aromatic heterocycles. The molecule has 0 spiro atoms. The molecule has 6 heteroatoms. The van der Waals surface area contributed by atoms with Gasteiger partial charge in [0, 0.05) is 10.7 Å². The van der Waals surface area contributed by atoms with Gasteiger partial charge in [-0.2, -0.15) is 0 Å². The molecule has 2 heterocycles. The zero-order valence-electron chi connectivity index (χ0n) is 7.98. The van der Waals surface area contributed by atoms with Gasteiger partial charge in [0.05, 0.1) is 18.3 Å². The number of hydrogen-bond donors (Lipinski definition) is 0. The zero-order chi connectivity index (χ0) is 10.8. The quantitative estimate of drug-likeness (QED) is 0.779. The molecule has 78 valence electrons. The van der Waals surface area contributed by atoms with Gasteiger partial charge in [-0.25, -0.2) is 14.3 Å². The number of carbonyl (C=O) groups is 1. The standard InChI is InChI=1S/C9H8BrN3O2/c1-2-15-9(14)8-11-5-7-6(10)3-4-13(7)12-8/h3-5H,2H2,1H3. The lowest BCUT2D eigenvalue weighted by Gasteiger charge is -2.00. The molecule has 0 aromatic carbocycles. The van der Waals surface area contributed by atoms with E-state index in [0.717, 1.165) is 9.99 Å².